The molecule has 2 unspecified atom stereocenters. The molecule has 0 saturated carbocycles. The van der Waals surface area contributed by atoms with Crippen molar-refractivity contribution in [2.45, 2.75) is 63.9 Å². The average molecular weight is 752 g/mol. The zero-order chi connectivity index (χ0) is 39.5. The number of rotatable bonds is 20. The summed E-state index contributed by atoms with van der Waals surface area (Å²) in [4.78, 5) is 69.9. The van der Waals surface area contributed by atoms with Crippen LogP contribution < -0.4 is 21.3 Å². The van der Waals surface area contributed by atoms with Crippen LogP contribution in [0.5, 0.6) is 0 Å². The number of nitrogens with one attached hydrogen (secondary N) is 4. The van der Waals surface area contributed by atoms with Gasteiger partial charge in [0.1, 0.15) is 6.04 Å². The Hall–Kier alpha value is -6.39. The molecule has 0 heterocycles. The summed E-state index contributed by atoms with van der Waals surface area (Å²) >= 11 is 0. The minimum atomic E-state index is -1.17. The van der Waals surface area contributed by atoms with Gasteiger partial charge in [-0.15, -0.1) is 0 Å². The maximum atomic E-state index is 15.0. The number of hydrogen-bond donors (Lipinski definition) is 4. The van der Waals surface area contributed by atoms with E-state index in [9.17, 15) is 24.0 Å². The molecule has 5 rings (SSSR count). The number of carbonyl (C=O) groups excluding carboxylic acids is 5. The molecule has 288 valence electrons. The summed E-state index contributed by atoms with van der Waals surface area (Å²) in [7, 11) is 0. The van der Waals surface area contributed by atoms with Gasteiger partial charge in [-0.1, -0.05) is 152 Å². The Balaban J connectivity index is 1.38. The normalized spacial score (nSPS) is 12.4. The van der Waals surface area contributed by atoms with Crippen molar-refractivity contribution in [3.05, 3.63) is 179 Å². The Morgan fingerprint density at radius 3 is 1.52 bits per heavy atom. The number of amides is 4. The van der Waals surface area contributed by atoms with E-state index >= 15 is 0 Å². The van der Waals surface area contributed by atoms with E-state index in [-0.39, 0.29) is 44.3 Å². The second-order valence-corrected chi connectivity index (χ2v) is 13.6. The van der Waals surface area contributed by atoms with Crippen LogP contribution in [0.15, 0.2) is 152 Å². The first kappa shape index (κ1) is 40.8. The Morgan fingerprint density at radius 1 is 0.554 bits per heavy atom. The molecule has 0 saturated heterocycles. The van der Waals surface area contributed by atoms with Crippen LogP contribution in [0.4, 0.5) is 0 Å². The number of ketones is 1. The maximum Gasteiger partial charge on any atom is 0.289 e. The van der Waals surface area contributed by atoms with E-state index in [4.69, 9.17) is 0 Å². The molecule has 0 bridgehead atoms. The highest BCUT2D eigenvalue weighted by Crippen LogP contribution is 2.18. The number of hydrogen-bond acceptors (Lipinski definition) is 6. The van der Waals surface area contributed by atoms with Gasteiger partial charge in [0.25, 0.3) is 5.91 Å². The highest BCUT2D eigenvalue weighted by molar-refractivity contribution is 6.38. The van der Waals surface area contributed by atoms with Crippen molar-refractivity contribution in [2.24, 2.45) is 0 Å². The Bertz CT molecular complexity index is 2000. The largest absolute Gasteiger partial charge is 0.352 e. The van der Waals surface area contributed by atoms with Gasteiger partial charge in [0.2, 0.25) is 23.5 Å². The molecule has 0 aromatic heterocycles. The van der Waals surface area contributed by atoms with Gasteiger partial charge in [-0.2, -0.15) is 0 Å². The monoisotopic (exact) mass is 751 g/mol. The van der Waals surface area contributed by atoms with Crippen LogP contribution in [0, 0.1) is 0 Å². The summed E-state index contributed by atoms with van der Waals surface area (Å²) < 4.78 is 0. The van der Waals surface area contributed by atoms with Crippen LogP contribution in [0.2, 0.25) is 0 Å². The Kier molecular flexibility index (Phi) is 15.7. The van der Waals surface area contributed by atoms with Gasteiger partial charge in [0.15, 0.2) is 0 Å². The molecule has 0 aliphatic heterocycles. The fourth-order valence-corrected chi connectivity index (χ4v) is 6.28. The molecule has 4 amide bonds. The lowest BCUT2D eigenvalue weighted by Gasteiger charge is -2.35. The van der Waals surface area contributed by atoms with Gasteiger partial charge in [-0.3, -0.25) is 24.0 Å². The van der Waals surface area contributed by atoms with Crippen LogP contribution in [0.25, 0.3) is 0 Å². The molecule has 4 N–H and O–H groups in total. The van der Waals surface area contributed by atoms with Gasteiger partial charge >= 0.3 is 0 Å². The number of Topliss-reactive ketones (excluding diaryl/α,β-unsaturated/α-hetero) is 1. The van der Waals surface area contributed by atoms with Gasteiger partial charge in [-0.05, 0) is 41.2 Å². The van der Waals surface area contributed by atoms with Crippen molar-refractivity contribution in [1.29, 1.82) is 0 Å². The summed E-state index contributed by atoms with van der Waals surface area (Å²) in [5.74, 6) is -2.71. The van der Waals surface area contributed by atoms with Gasteiger partial charge in [0.05, 0.1) is 12.1 Å². The standard InChI is InChI=1S/C46H49N5O5/c1-34(43(53)45(55)49-32-38-23-13-5-14-24-38)50-44(54)41(30-36-19-9-3-10-20-36)51(33-39-25-15-6-16-26-39)46(56)40(29-35-17-7-2-8-18-35)47-28-27-42(52)48-31-37-21-11-4-12-22-37/h2-26,34,40-41,47H,27-33H2,1H3,(H,48,52)(H,49,55)(H,50,54)/t34?,40-,41?/m0/s1. The minimum Gasteiger partial charge on any atom is -0.352 e. The molecule has 10 nitrogen and oxygen atoms in total. The molecule has 10 heteroatoms. The zero-order valence-corrected chi connectivity index (χ0v) is 31.6. The lowest BCUT2D eigenvalue weighted by molar-refractivity contribution is -0.144. The molecule has 0 radical (unpaired) electrons. The Labute approximate surface area is 328 Å². The minimum absolute atomic E-state index is 0.0923. The van der Waals surface area contributed by atoms with E-state index < -0.39 is 35.7 Å². The van der Waals surface area contributed by atoms with E-state index in [1.165, 1.54) is 6.92 Å². The second kappa shape index (κ2) is 21.5. The molecular weight excluding hydrogens is 703 g/mol. The second-order valence-electron chi connectivity index (χ2n) is 13.6. The van der Waals surface area contributed by atoms with Crippen molar-refractivity contribution in [1.82, 2.24) is 26.2 Å². The third kappa shape index (κ3) is 12.9. The SMILES string of the molecule is CC(NC(=O)C(Cc1ccccc1)N(Cc1ccccc1)C(=O)[C@H](Cc1ccccc1)NCCC(=O)NCc1ccccc1)C(=O)C(=O)NCc1ccccc1. The van der Waals surface area contributed by atoms with Gasteiger partial charge in [0, 0.05) is 39.0 Å². The molecular formula is C46H49N5O5. The highest BCUT2D eigenvalue weighted by atomic mass is 16.2. The quantitative estimate of drug-likeness (QED) is 0.0834. The first-order chi connectivity index (χ1) is 27.3. The van der Waals surface area contributed by atoms with Gasteiger partial charge < -0.3 is 26.2 Å². The van der Waals surface area contributed by atoms with E-state index in [0.717, 1.165) is 27.8 Å². The van der Waals surface area contributed by atoms with Crippen LogP contribution in [-0.4, -0.2) is 59.0 Å². The molecule has 5 aromatic carbocycles. The topological polar surface area (TPSA) is 137 Å². The van der Waals surface area contributed by atoms with Crippen molar-refractivity contribution < 1.29 is 24.0 Å². The van der Waals surface area contributed by atoms with E-state index in [1.807, 2.05) is 152 Å². The van der Waals surface area contributed by atoms with E-state index in [0.29, 0.717) is 13.0 Å². The fraction of sp³-hybridized carbons (Fsp3) is 0.239. The van der Waals surface area contributed by atoms with Crippen LogP contribution in [0.1, 0.15) is 41.2 Å². The number of carbonyl (C=O) groups is 5. The lowest BCUT2D eigenvalue weighted by Crippen LogP contribution is -2.58. The van der Waals surface area contributed by atoms with Crippen molar-refractivity contribution in [3.8, 4) is 0 Å². The predicted molar refractivity (Wildman–Crippen MR) is 217 cm³/mol. The van der Waals surface area contributed by atoms with E-state index in [1.54, 1.807) is 4.90 Å². The van der Waals surface area contributed by atoms with Crippen molar-refractivity contribution in [3.63, 3.8) is 0 Å². The van der Waals surface area contributed by atoms with Crippen molar-refractivity contribution >= 4 is 29.4 Å². The predicted octanol–water partition coefficient (Wildman–Crippen LogP) is 4.92. The van der Waals surface area contributed by atoms with Gasteiger partial charge in [-0.25, -0.2) is 0 Å². The third-order valence-electron chi connectivity index (χ3n) is 9.36. The molecule has 3 atom stereocenters. The molecule has 0 fully saturated rings. The molecule has 5 aromatic rings. The van der Waals surface area contributed by atoms with Crippen LogP contribution in [-0.2, 0) is 56.4 Å². The maximum absolute atomic E-state index is 15.0. The van der Waals surface area contributed by atoms with E-state index in [2.05, 4.69) is 21.3 Å². The third-order valence-corrected chi connectivity index (χ3v) is 9.36. The average Bonchev–Trinajstić information content (AvgIpc) is 3.24. The zero-order valence-electron chi connectivity index (χ0n) is 31.6. The highest BCUT2D eigenvalue weighted by Gasteiger charge is 2.36. The summed E-state index contributed by atoms with van der Waals surface area (Å²) in [6.07, 6.45) is 0.572. The van der Waals surface area contributed by atoms with Crippen molar-refractivity contribution in [2.75, 3.05) is 6.54 Å². The molecule has 0 aliphatic carbocycles. The Morgan fingerprint density at radius 2 is 1.00 bits per heavy atom. The van der Waals surface area contributed by atoms with Crippen LogP contribution in [0.3, 0.4) is 0 Å². The summed E-state index contributed by atoms with van der Waals surface area (Å²) in [5.41, 5.74) is 4.32. The number of benzene rings is 5. The fourth-order valence-electron chi connectivity index (χ4n) is 6.28. The molecule has 0 spiro atoms. The first-order valence-electron chi connectivity index (χ1n) is 18.9. The lowest BCUT2D eigenvalue weighted by atomic mass is 9.99. The van der Waals surface area contributed by atoms with Crippen LogP contribution >= 0.6 is 0 Å². The number of nitrogens with zero attached hydrogens (tertiary/aromatic N) is 1. The summed E-state index contributed by atoms with van der Waals surface area (Å²) in [6, 6.07) is 44.1. The first-order valence-corrected chi connectivity index (χ1v) is 18.9. The summed E-state index contributed by atoms with van der Waals surface area (Å²) in [6.45, 7) is 2.32. The molecule has 56 heavy (non-hydrogen) atoms. The smallest absolute Gasteiger partial charge is 0.289 e. The summed E-state index contributed by atoms with van der Waals surface area (Å²) in [5, 5.41) is 11.7. The molecule has 0 aliphatic rings.